The standard InChI is InChI=1S/C26H24N2O4S/c1-17-23-21(15-30-26(2,3)32-23)20(14-27-17)16-33(29)25-28-22(18-10-6-4-7-11-18)24(31-25)19-12-8-5-9-13-19/h4-14H,15-16H2,1-3H3. The SMILES string of the molecule is Cc1ncc(CS(=O)c2nc(-c3ccccc3)c(-c3ccccc3)o2)c2c1OC(C)(C)OC2. The van der Waals surface area contributed by atoms with E-state index in [-0.39, 0.29) is 11.0 Å². The normalized spacial score (nSPS) is 15.5. The first-order valence-corrected chi connectivity index (χ1v) is 12.0. The fourth-order valence-electron chi connectivity index (χ4n) is 3.79. The van der Waals surface area contributed by atoms with Crippen LogP contribution in [0.3, 0.4) is 0 Å². The average molecular weight is 461 g/mol. The molecule has 2 aromatic heterocycles. The van der Waals surface area contributed by atoms with Crippen LogP contribution in [-0.4, -0.2) is 20.0 Å². The lowest BCUT2D eigenvalue weighted by Gasteiger charge is -2.34. The van der Waals surface area contributed by atoms with Gasteiger partial charge in [0.15, 0.2) is 5.76 Å². The van der Waals surface area contributed by atoms with Crippen molar-refractivity contribution >= 4 is 10.8 Å². The number of aromatic nitrogens is 2. The molecule has 1 atom stereocenters. The zero-order chi connectivity index (χ0) is 23.0. The molecule has 0 aliphatic carbocycles. The van der Waals surface area contributed by atoms with Gasteiger partial charge in [-0.25, -0.2) is 9.19 Å². The third-order valence-electron chi connectivity index (χ3n) is 5.49. The summed E-state index contributed by atoms with van der Waals surface area (Å²) < 4.78 is 31.3. The molecule has 5 rings (SSSR count). The van der Waals surface area contributed by atoms with Crippen LogP contribution in [0.2, 0.25) is 0 Å². The average Bonchev–Trinajstić information content (AvgIpc) is 3.27. The highest BCUT2D eigenvalue weighted by molar-refractivity contribution is 7.84. The molecule has 0 saturated heterocycles. The first-order chi connectivity index (χ1) is 15.9. The lowest BCUT2D eigenvalue weighted by molar-refractivity contribution is -0.180. The quantitative estimate of drug-likeness (QED) is 0.382. The minimum Gasteiger partial charge on any atom is -0.461 e. The van der Waals surface area contributed by atoms with Gasteiger partial charge in [-0.15, -0.1) is 0 Å². The van der Waals surface area contributed by atoms with Gasteiger partial charge < -0.3 is 13.9 Å². The zero-order valence-corrected chi connectivity index (χ0v) is 19.5. The summed E-state index contributed by atoms with van der Waals surface area (Å²) in [4.78, 5) is 9.11. The molecule has 1 aliphatic heterocycles. The van der Waals surface area contributed by atoms with E-state index in [1.807, 2.05) is 81.4 Å². The van der Waals surface area contributed by atoms with Crippen LogP contribution in [0.5, 0.6) is 5.75 Å². The summed E-state index contributed by atoms with van der Waals surface area (Å²) in [6.07, 6.45) is 1.73. The summed E-state index contributed by atoms with van der Waals surface area (Å²) in [5.41, 5.74) is 4.90. The lowest BCUT2D eigenvalue weighted by atomic mass is 10.1. The van der Waals surface area contributed by atoms with Crippen LogP contribution in [0.25, 0.3) is 22.6 Å². The highest BCUT2D eigenvalue weighted by Crippen LogP contribution is 2.37. The lowest BCUT2D eigenvalue weighted by Crippen LogP contribution is -2.36. The molecule has 0 saturated carbocycles. The highest BCUT2D eigenvalue weighted by Gasteiger charge is 2.31. The second-order valence-corrected chi connectivity index (χ2v) is 9.68. The van der Waals surface area contributed by atoms with E-state index in [0.29, 0.717) is 23.8 Å². The maximum atomic E-state index is 13.4. The van der Waals surface area contributed by atoms with E-state index < -0.39 is 16.6 Å². The van der Waals surface area contributed by atoms with Crippen LogP contribution in [0.4, 0.5) is 0 Å². The number of oxazole rings is 1. The van der Waals surface area contributed by atoms with Crippen molar-refractivity contribution in [3.63, 3.8) is 0 Å². The number of rotatable bonds is 5. The van der Waals surface area contributed by atoms with Crippen LogP contribution in [0.1, 0.15) is 30.7 Å². The topological polar surface area (TPSA) is 74.5 Å². The molecule has 0 radical (unpaired) electrons. The van der Waals surface area contributed by atoms with Gasteiger partial charge in [0.25, 0.3) is 5.22 Å². The van der Waals surface area contributed by atoms with Crippen LogP contribution in [-0.2, 0) is 27.9 Å². The van der Waals surface area contributed by atoms with Gasteiger partial charge in [0.1, 0.15) is 22.2 Å². The van der Waals surface area contributed by atoms with E-state index in [0.717, 1.165) is 27.9 Å². The van der Waals surface area contributed by atoms with Crippen LogP contribution >= 0.6 is 0 Å². The first-order valence-electron chi connectivity index (χ1n) is 10.7. The molecule has 168 valence electrons. The van der Waals surface area contributed by atoms with E-state index in [9.17, 15) is 4.21 Å². The van der Waals surface area contributed by atoms with Crippen molar-refractivity contribution in [3.8, 4) is 28.3 Å². The Morgan fingerprint density at radius 2 is 1.67 bits per heavy atom. The Morgan fingerprint density at radius 1 is 1.00 bits per heavy atom. The molecule has 0 spiro atoms. The molecule has 2 aromatic carbocycles. The predicted molar refractivity (Wildman–Crippen MR) is 126 cm³/mol. The van der Waals surface area contributed by atoms with Gasteiger partial charge in [0, 0.05) is 36.7 Å². The Kier molecular flexibility index (Phi) is 5.60. The molecule has 3 heterocycles. The van der Waals surface area contributed by atoms with Crippen molar-refractivity contribution in [1.29, 1.82) is 0 Å². The molecule has 0 bridgehead atoms. The number of benzene rings is 2. The fraction of sp³-hybridized carbons (Fsp3) is 0.231. The summed E-state index contributed by atoms with van der Waals surface area (Å²) in [5.74, 6) is 0.770. The van der Waals surface area contributed by atoms with E-state index in [4.69, 9.17) is 13.9 Å². The smallest absolute Gasteiger partial charge is 0.288 e. The predicted octanol–water partition coefficient (Wildman–Crippen LogP) is 5.66. The molecule has 33 heavy (non-hydrogen) atoms. The number of aryl methyl sites for hydroxylation is 1. The van der Waals surface area contributed by atoms with E-state index in [2.05, 4.69) is 9.97 Å². The first kappa shape index (κ1) is 21.6. The monoisotopic (exact) mass is 460 g/mol. The summed E-state index contributed by atoms with van der Waals surface area (Å²) in [5, 5.41) is 0.181. The van der Waals surface area contributed by atoms with Crippen LogP contribution in [0, 0.1) is 6.92 Å². The zero-order valence-electron chi connectivity index (χ0n) is 18.7. The largest absolute Gasteiger partial charge is 0.461 e. The minimum atomic E-state index is -1.52. The second kappa shape index (κ2) is 8.57. The summed E-state index contributed by atoms with van der Waals surface area (Å²) in [6.45, 7) is 5.99. The Morgan fingerprint density at radius 3 is 2.36 bits per heavy atom. The maximum absolute atomic E-state index is 13.4. The summed E-state index contributed by atoms with van der Waals surface area (Å²) in [6, 6.07) is 19.5. The molecule has 1 unspecified atom stereocenters. The van der Waals surface area contributed by atoms with Crippen molar-refractivity contribution in [3.05, 3.63) is 83.7 Å². The van der Waals surface area contributed by atoms with Crippen molar-refractivity contribution in [2.24, 2.45) is 0 Å². The van der Waals surface area contributed by atoms with Crippen molar-refractivity contribution in [2.45, 2.75) is 44.1 Å². The number of hydrogen-bond donors (Lipinski definition) is 0. The van der Waals surface area contributed by atoms with Gasteiger partial charge in [-0.2, -0.15) is 0 Å². The molecule has 0 amide bonds. The Hall–Kier alpha value is -3.29. The van der Waals surface area contributed by atoms with Crippen molar-refractivity contribution in [1.82, 2.24) is 9.97 Å². The van der Waals surface area contributed by atoms with Crippen molar-refractivity contribution in [2.75, 3.05) is 0 Å². The van der Waals surface area contributed by atoms with Crippen molar-refractivity contribution < 1.29 is 18.1 Å². The van der Waals surface area contributed by atoms with Gasteiger partial charge in [0.05, 0.1) is 18.1 Å². The van der Waals surface area contributed by atoms with Gasteiger partial charge in [-0.3, -0.25) is 4.98 Å². The molecular formula is C26H24N2O4S. The minimum absolute atomic E-state index is 0.181. The second-order valence-electron chi connectivity index (χ2n) is 8.35. The number of ether oxygens (including phenoxy) is 2. The summed E-state index contributed by atoms with van der Waals surface area (Å²) >= 11 is 0. The fourth-order valence-corrected chi connectivity index (χ4v) is 4.82. The van der Waals surface area contributed by atoms with Gasteiger partial charge >= 0.3 is 0 Å². The number of nitrogens with zero attached hydrogens (tertiary/aromatic N) is 2. The molecule has 1 aliphatic rings. The van der Waals surface area contributed by atoms with E-state index >= 15 is 0 Å². The van der Waals surface area contributed by atoms with Crippen LogP contribution in [0.15, 0.2) is 76.5 Å². The van der Waals surface area contributed by atoms with E-state index in [1.54, 1.807) is 6.20 Å². The molecule has 0 fully saturated rings. The van der Waals surface area contributed by atoms with Gasteiger partial charge in [-0.1, -0.05) is 60.7 Å². The number of pyridine rings is 1. The molecular weight excluding hydrogens is 436 g/mol. The molecule has 7 heteroatoms. The molecule has 0 N–H and O–H groups in total. The Bertz CT molecular complexity index is 1260. The molecule has 6 nitrogen and oxygen atoms in total. The molecule has 4 aromatic rings. The van der Waals surface area contributed by atoms with Gasteiger partial charge in [-0.05, 0) is 12.5 Å². The van der Waals surface area contributed by atoms with Gasteiger partial charge in [0.2, 0.25) is 5.79 Å². The Labute approximate surface area is 195 Å². The third-order valence-corrected chi connectivity index (χ3v) is 6.63. The highest BCUT2D eigenvalue weighted by atomic mass is 32.2. The maximum Gasteiger partial charge on any atom is 0.288 e. The Balaban J connectivity index is 1.51. The van der Waals surface area contributed by atoms with Crippen LogP contribution < -0.4 is 4.74 Å². The summed E-state index contributed by atoms with van der Waals surface area (Å²) in [7, 11) is -1.52. The third kappa shape index (κ3) is 4.34. The van der Waals surface area contributed by atoms with E-state index in [1.165, 1.54) is 0 Å². The number of hydrogen-bond acceptors (Lipinski definition) is 6. The number of fused-ring (bicyclic) bond motifs is 1.